The molecule has 178 valence electrons. The van der Waals surface area contributed by atoms with E-state index in [0.29, 0.717) is 18.9 Å². The Bertz CT molecular complexity index is 945. The number of rotatable bonds is 8. The van der Waals surface area contributed by atoms with Crippen molar-refractivity contribution >= 4 is 23.2 Å². The van der Waals surface area contributed by atoms with Gasteiger partial charge in [0.1, 0.15) is 6.54 Å². The molecule has 1 aliphatic carbocycles. The molecule has 2 heterocycles. The van der Waals surface area contributed by atoms with Crippen molar-refractivity contribution in [2.75, 3.05) is 13.1 Å². The second-order valence-corrected chi connectivity index (χ2v) is 10.9. The number of hydrogen-bond donors (Lipinski definition) is 0. The highest BCUT2D eigenvalue weighted by Crippen LogP contribution is 2.38. The fourth-order valence-corrected chi connectivity index (χ4v) is 6.31. The number of benzene rings is 1. The Balaban J connectivity index is 1.52. The monoisotopic (exact) mass is 466 g/mol. The van der Waals surface area contributed by atoms with Crippen LogP contribution < -0.4 is 0 Å². The molecule has 5 heteroatoms. The first kappa shape index (κ1) is 24.0. The van der Waals surface area contributed by atoms with E-state index in [1.165, 1.54) is 41.7 Å². The van der Waals surface area contributed by atoms with E-state index >= 15 is 0 Å². The van der Waals surface area contributed by atoms with Crippen LogP contribution in [0.5, 0.6) is 0 Å². The number of fused-ring (bicyclic) bond motifs is 1. The van der Waals surface area contributed by atoms with Gasteiger partial charge in [0.05, 0.1) is 6.04 Å². The van der Waals surface area contributed by atoms with Crippen molar-refractivity contribution in [2.24, 2.45) is 5.92 Å². The Labute approximate surface area is 203 Å². The molecule has 1 aromatic heterocycles. The largest absolute Gasteiger partial charge is 0.331 e. The van der Waals surface area contributed by atoms with Crippen molar-refractivity contribution in [3.63, 3.8) is 0 Å². The average molecular weight is 467 g/mol. The molecule has 4 rings (SSSR count). The van der Waals surface area contributed by atoms with Crippen LogP contribution in [-0.2, 0) is 16.0 Å². The average Bonchev–Trinajstić information content (AvgIpc) is 3.52. The van der Waals surface area contributed by atoms with Gasteiger partial charge in [-0.15, -0.1) is 11.3 Å². The molecule has 2 atom stereocenters. The van der Waals surface area contributed by atoms with Crippen LogP contribution in [0.15, 0.2) is 35.7 Å². The molecule has 1 fully saturated rings. The topological polar surface area (TPSA) is 40.6 Å². The van der Waals surface area contributed by atoms with Crippen LogP contribution in [0.1, 0.15) is 86.4 Å². The van der Waals surface area contributed by atoms with Crippen LogP contribution in [0.2, 0.25) is 0 Å². The summed E-state index contributed by atoms with van der Waals surface area (Å²) in [6.07, 6.45) is 8.39. The molecule has 1 aliphatic heterocycles. The molecule has 2 aromatic rings. The highest BCUT2D eigenvalue weighted by molar-refractivity contribution is 7.10. The maximum atomic E-state index is 13.7. The summed E-state index contributed by atoms with van der Waals surface area (Å²) in [7, 11) is 0. The standard InChI is InChI=1S/C28H38N2O2S/c1-4-21(3)30(26(31)14-11-22-7-5-6-8-22)19-27(32)29-17-15-25-24(16-18-33-25)28(29)23-12-9-20(2)10-13-23/h9-10,12-13,16,18,21-22,28H,4-8,11,14-15,17,19H2,1-3H3. The van der Waals surface area contributed by atoms with E-state index in [0.717, 1.165) is 24.8 Å². The van der Waals surface area contributed by atoms with Crippen LogP contribution in [0.3, 0.4) is 0 Å². The molecule has 2 unspecified atom stereocenters. The minimum absolute atomic E-state index is 0.0620. The molecule has 0 spiro atoms. The zero-order valence-corrected chi connectivity index (χ0v) is 21.2. The number of carbonyl (C=O) groups is 2. The molecule has 0 bridgehead atoms. The van der Waals surface area contributed by atoms with Crippen LogP contribution in [0.4, 0.5) is 0 Å². The third kappa shape index (κ3) is 5.51. The highest BCUT2D eigenvalue weighted by Gasteiger charge is 2.34. The third-order valence-electron chi connectivity index (χ3n) is 7.67. The minimum atomic E-state index is -0.0690. The summed E-state index contributed by atoms with van der Waals surface area (Å²) < 4.78 is 0. The smallest absolute Gasteiger partial charge is 0.243 e. The number of amides is 2. The predicted molar refractivity (Wildman–Crippen MR) is 135 cm³/mol. The summed E-state index contributed by atoms with van der Waals surface area (Å²) >= 11 is 1.78. The number of aryl methyl sites for hydroxylation is 1. The van der Waals surface area contributed by atoms with Gasteiger partial charge in [-0.3, -0.25) is 9.59 Å². The third-order valence-corrected chi connectivity index (χ3v) is 8.67. The van der Waals surface area contributed by atoms with E-state index in [4.69, 9.17) is 0 Å². The molecular weight excluding hydrogens is 428 g/mol. The van der Waals surface area contributed by atoms with Gasteiger partial charge in [-0.05, 0) is 61.6 Å². The van der Waals surface area contributed by atoms with Gasteiger partial charge in [0, 0.05) is 23.9 Å². The highest BCUT2D eigenvalue weighted by atomic mass is 32.1. The van der Waals surface area contributed by atoms with Gasteiger partial charge in [0.15, 0.2) is 0 Å². The lowest BCUT2D eigenvalue weighted by atomic mass is 9.92. The van der Waals surface area contributed by atoms with Crippen molar-refractivity contribution in [2.45, 2.75) is 84.2 Å². The van der Waals surface area contributed by atoms with E-state index in [2.05, 4.69) is 56.5 Å². The minimum Gasteiger partial charge on any atom is -0.331 e. The number of thiophene rings is 1. The summed E-state index contributed by atoms with van der Waals surface area (Å²) in [6.45, 7) is 7.14. The molecule has 2 aliphatic rings. The summed E-state index contributed by atoms with van der Waals surface area (Å²) in [5.41, 5.74) is 3.61. The lowest BCUT2D eigenvalue weighted by Crippen LogP contribution is -2.49. The maximum Gasteiger partial charge on any atom is 0.243 e. The Morgan fingerprint density at radius 3 is 2.58 bits per heavy atom. The van der Waals surface area contributed by atoms with Crippen LogP contribution in [-0.4, -0.2) is 40.7 Å². The lowest BCUT2D eigenvalue weighted by molar-refractivity contribution is -0.143. The van der Waals surface area contributed by atoms with Gasteiger partial charge >= 0.3 is 0 Å². The summed E-state index contributed by atoms with van der Waals surface area (Å²) in [6, 6.07) is 10.7. The van der Waals surface area contributed by atoms with E-state index in [1.807, 2.05) is 9.80 Å². The molecule has 2 amide bonds. The Kier molecular flexibility index (Phi) is 7.90. The van der Waals surface area contributed by atoms with E-state index < -0.39 is 0 Å². The normalized spacial score (nSPS) is 19.4. The first-order valence-electron chi connectivity index (χ1n) is 12.7. The second kappa shape index (κ2) is 10.9. The van der Waals surface area contributed by atoms with E-state index in [1.54, 1.807) is 11.3 Å². The summed E-state index contributed by atoms with van der Waals surface area (Å²) in [5, 5.41) is 2.14. The molecular formula is C28H38N2O2S. The maximum absolute atomic E-state index is 13.7. The molecule has 4 nitrogen and oxygen atoms in total. The zero-order valence-electron chi connectivity index (χ0n) is 20.4. The molecule has 1 aromatic carbocycles. The predicted octanol–water partition coefficient (Wildman–Crippen LogP) is 6.13. The van der Waals surface area contributed by atoms with Gasteiger partial charge in [0.2, 0.25) is 11.8 Å². The fourth-order valence-electron chi connectivity index (χ4n) is 5.41. The Hall–Kier alpha value is -2.14. The number of carbonyl (C=O) groups excluding carboxylic acids is 2. The summed E-state index contributed by atoms with van der Waals surface area (Å²) in [5.74, 6) is 0.894. The zero-order chi connectivity index (χ0) is 23.4. The first-order chi connectivity index (χ1) is 16.0. The van der Waals surface area contributed by atoms with Crippen molar-refractivity contribution in [3.05, 3.63) is 57.3 Å². The SMILES string of the molecule is CCC(C)N(CC(=O)N1CCc2sccc2C1c1ccc(C)cc1)C(=O)CCC1CCCC1. The van der Waals surface area contributed by atoms with Crippen LogP contribution in [0.25, 0.3) is 0 Å². The second-order valence-electron chi connectivity index (χ2n) is 9.92. The van der Waals surface area contributed by atoms with Gasteiger partial charge in [0.25, 0.3) is 0 Å². The van der Waals surface area contributed by atoms with Crippen molar-refractivity contribution in [1.82, 2.24) is 9.80 Å². The lowest BCUT2D eigenvalue weighted by Gasteiger charge is -2.38. The van der Waals surface area contributed by atoms with Crippen molar-refractivity contribution in [1.29, 1.82) is 0 Å². The Morgan fingerprint density at radius 2 is 1.88 bits per heavy atom. The molecule has 0 radical (unpaired) electrons. The van der Waals surface area contributed by atoms with Gasteiger partial charge in [-0.1, -0.05) is 62.4 Å². The van der Waals surface area contributed by atoms with Crippen molar-refractivity contribution < 1.29 is 9.59 Å². The van der Waals surface area contributed by atoms with Crippen molar-refractivity contribution in [3.8, 4) is 0 Å². The van der Waals surface area contributed by atoms with Crippen LogP contribution in [0, 0.1) is 12.8 Å². The summed E-state index contributed by atoms with van der Waals surface area (Å²) in [4.78, 5) is 32.2. The fraction of sp³-hybridized carbons (Fsp3) is 0.571. The van der Waals surface area contributed by atoms with Crippen LogP contribution >= 0.6 is 11.3 Å². The van der Waals surface area contributed by atoms with E-state index in [9.17, 15) is 9.59 Å². The first-order valence-corrected chi connectivity index (χ1v) is 13.6. The number of nitrogens with zero attached hydrogens (tertiary/aromatic N) is 2. The molecule has 1 saturated carbocycles. The molecule has 0 N–H and O–H groups in total. The van der Waals surface area contributed by atoms with Gasteiger partial charge < -0.3 is 9.80 Å². The van der Waals surface area contributed by atoms with Gasteiger partial charge in [-0.25, -0.2) is 0 Å². The van der Waals surface area contributed by atoms with E-state index in [-0.39, 0.29) is 30.4 Å². The quantitative estimate of drug-likeness (QED) is 0.470. The number of hydrogen-bond acceptors (Lipinski definition) is 3. The molecule has 33 heavy (non-hydrogen) atoms. The molecule has 0 saturated heterocycles. The Morgan fingerprint density at radius 1 is 1.15 bits per heavy atom. The van der Waals surface area contributed by atoms with Gasteiger partial charge in [-0.2, -0.15) is 0 Å².